The standard InChI is InChI=1S/C16H17N3O2S/c1-11-7-12(2)18-16(14(11)8-17)22-10-15(20)19(3)9-13-5-4-6-21-13/h4-7H,9-10H2,1-3H3. The van der Waals surface area contributed by atoms with Crippen molar-refractivity contribution in [3.63, 3.8) is 0 Å². The molecule has 0 aromatic carbocycles. The second-order valence-corrected chi connectivity index (χ2v) is 5.95. The molecule has 0 atom stereocenters. The lowest BCUT2D eigenvalue weighted by atomic mass is 10.1. The van der Waals surface area contributed by atoms with Crippen LogP contribution in [0.25, 0.3) is 0 Å². The van der Waals surface area contributed by atoms with Gasteiger partial charge in [0.15, 0.2) is 0 Å². The Kier molecular flexibility index (Phi) is 5.23. The minimum Gasteiger partial charge on any atom is -0.467 e. The molecule has 0 fully saturated rings. The molecular formula is C16H17N3O2S. The topological polar surface area (TPSA) is 70.1 Å². The van der Waals surface area contributed by atoms with Crippen LogP contribution < -0.4 is 0 Å². The van der Waals surface area contributed by atoms with Crippen molar-refractivity contribution in [2.24, 2.45) is 0 Å². The quantitative estimate of drug-likeness (QED) is 0.793. The molecule has 22 heavy (non-hydrogen) atoms. The maximum absolute atomic E-state index is 12.2. The number of aryl methyl sites for hydroxylation is 2. The molecule has 2 aromatic rings. The van der Waals surface area contributed by atoms with E-state index in [2.05, 4.69) is 11.1 Å². The zero-order valence-electron chi connectivity index (χ0n) is 12.8. The average Bonchev–Trinajstić information content (AvgIpc) is 2.97. The summed E-state index contributed by atoms with van der Waals surface area (Å²) in [5.41, 5.74) is 2.27. The molecule has 0 bridgehead atoms. The van der Waals surface area contributed by atoms with Crippen LogP contribution in [-0.4, -0.2) is 28.6 Å². The molecule has 0 saturated heterocycles. The summed E-state index contributed by atoms with van der Waals surface area (Å²) in [6, 6.07) is 7.65. The van der Waals surface area contributed by atoms with Crippen molar-refractivity contribution < 1.29 is 9.21 Å². The number of nitrogens with zero attached hydrogens (tertiary/aromatic N) is 3. The van der Waals surface area contributed by atoms with Gasteiger partial charge in [0.05, 0.1) is 24.1 Å². The van der Waals surface area contributed by atoms with Crippen molar-refractivity contribution >= 4 is 17.7 Å². The first-order valence-electron chi connectivity index (χ1n) is 6.78. The molecule has 1 amide bonds. The Bertz CT molecular complexity index is 705. The van der Waals surface area contributed by atoms with Crippen molar-refractivity contribution in [1.29, 1.82) is 5.26 Å². The van der Waals surface area contributed by atoms with E-state index in [1.807, 2.05) is 26.0 Å². The minimum atomic E-state index is -0.0359. The molecule has 2 rings (SSSR count). The highest BCUT2D eigenvalue weighted by Crippen LogP contribution is 2.23. The summed E-state index contributed by atoms with van der Waals surface area (Å²) in [7, 11) is 1.73. The number of nitriles is 1. The van der Waals surface area contributed by atoms with Gasteiger partial charge in [-0.3, -0.25) is 4.79 Å². The van der Waals surface area contributed by atoms with Crippen LogP contribution >= 0.6 is 11.8 Å². The minimum absolute atomic E-state index is 0.0359. The van der Waals surface area contributed by atoms with Crippen molar-refractivity contribution in [2.75, 3.05) is 12.8 Å². The first kappa shape index (κ1) is 16.1. The van der Waals surface area contributed by atoms with Gasteiger partial charge in [-0.25, -0.2) is 4.98 Å². The first-order chi connectivity index (χ1) is 10.5. The Morgan fingerprint density at radius 1 is 1.50 bits per heavy atom. The lowest BCUT2D eigenvalue weighted by Gasteiger charge is -2.15. The Hall–Kier alpha value is -2.26. The molecule has 0 unspecified atom stereocenters. The van der Waals surface area contributed by atoms with E-state index in [0.29, 0.717) is 17.1 Å². The van der Waals surface area contributed by atoms with E-state index < -0.39 is 0 Å². The summed E-state index contributed by atoms with van der Waals surface area (Å²) in [6.07, 6.45) is 1.58. The maximum atomic E-state index is 12.2. The lowest BCUT2D eigenvalue weighted by Crippen LogP contribution is -2.27. The van der Waals surface area contributed by atoms with Crippen molar-refractivity contribution in [3.05, 3.63) is 47.0 Å². The summed E-state index contributed by atoms with van der Waals surface area (Å²) < 4.78 is 5.23. The predicted octanol–water partition coefficient (Wildman–Crippen LogP) is 2.91. The van der Waals surface area contributed by atoms with Gasteiger partial charge in [0.2, 0.25) is 5.91 Å². The van der Waals surface area contributed by atoms with Crippen LogP contribution in [0, 0.1) is 25.2 Å². The molecule has 0 saturated carbocycles. The molecule has 0 aliphatic rings. The summed E-state index contributed by atoms with van der Waals surface area (Å²) in [4.78, 5) is 18.1. The summed E-state index contributed by atoms with van der Waals surface area (Å²) in [5, 5.41) is 9.84. The van der Waals surface area contributed by atoms with Gasteiger partial charge >= 0.3 is 0 Å². The van der Waals surface area contributed by atoms with E-state index in [9.17, 15) is 10.1 Å². The number of pyridine rings is 1. The van der Waals surface area contributed by atoms with Crippen LogP contribution in [0.1, 0.15) is 22.6 Å². The Balaban J connectivity index is 2.01. The molecule has 114 valence electrons. The molecule has 0 aliphatic heterocycles. The summed E-state index contributed by atoms with van der Waals surface area (Å²) in [6.45, 7) is 4.18. The molecule has 0 N–H and O–H groups in total. The lowest BCUT2D eigenvalue weighted by molar-refractivity contribution is -0.127. The SMILES string of the molecule is Cc1cc(C)c(C#N)c(SCC(=O)N(C)Cc2ccco2)n1. The van der Waals surface area contributed by atoms with Gasteiger partial charge in [-0.1, -0.05) is 11.8 Å². The predicted molar refractivity (Wildman–Crippen MR) is 84.3 cm³/mol. The fourth-order valence-corrected chi connectivity index (χ4v) is 3.05. The number of hydrogen-bond acceptors (Lipinski definition) is 5. The molecular weight excluding hydrogens is 298 g/mol. The third-order valence-corrected chi connectivity index (χ3v) is 4.11. The van der Waals surface area contributed by atoms with Gasteiger partial charge in [0.1, 0.15) is 16.9 Å². The van der Waals surface area contributed by atoms with E-state index in [1.54, 1.807) is 24.3 Å². The molecule has 6 heteroatoms. The Morgan fingerprint density at radius 2 is 2.27 bits per heavy atom. The molecule has 5 nitrogen and oxygen atoms in total. The molecule has 0 spiro atoms. The number of carbonyl (C=O) groups is 1. The fraction of sp³-hybridized carbons (Fsp3) is 0.312. The fourth-order valence-electron chi connectivity index (χ4n) is 2.01. The van der Waals surface area contributed by atoms with Crippen molar-refractivity contribution in [3.8, 4) is 6.07 Å². The molecule has 2 heterocycles. The second kappa shape index (κ2) is 7.14. The number of rotatable bonds is 5. The van der Waals surface area contributed by atoms with Gasteiger partial charge in [-0.05, 0) is 37.6 Å². The van der Waals surface area contributed by atoms with E-state index in [4.69, 9.17) is 4.42 Å². The van der Waals surface area contributed by atoms with E-state index >= 15 is 0 Å². The van der Waals surface area contributed by atoms with Crippen LogP contribution in [-0.2, 0) is 11.3 Å². The zero-order chi connectivity index (χ0) is 16.1. The number of carbonyl (C=O) groups excluding carboxylic acids is 1. The summed E-state index contributed by atoms with van der Waals surface area (Å²) >= 11 is 1.29. The maximum Gasteiger partial charge on any atom is 0.233 e. The summed E-state index contributed by atoms with van der Waals surface area (Å²) in [5.74, 6) is 0.941. The van der Waals surface area contributed by atoms with E-state index in [0.717, 1.165) is 17.0 Å². The van der Waals surface area contributed by atoms with Crippen LogP contribution in [0.15, 0.2) is 33.9 Å². The van der Waals surface area contributed by atoms with Gasteiger partial charge in [-0.2, -0.15) is 5.26 Å². The first-order valence-corrected chi connectivity index (χ1v) is 7.77. The second-order valence-electron chi connectivity index (χ2n) is 4.99. The van der Waals surface area contributed by atoms with Crippen LogP contribution in [0.4, 0.5) is 0 Å². The number of hydrogen-bond donors (Lipinski definition) is 0. The number of amides is 1. The largest absolute Gasteiger partial charge is 0.467 e. The molecule has 0 radical (unpaired) electrons. The number of thioether (sulfide) groups is 1. The van der Waals surface area contributed by atoms with E-state index in [1.165, 1.54) is 11.8 Å². The Morgan fingerprint density at radius 3 is 2.91 bits per heavy atom. The Labute approximate surface area is 133 Å². The molecule has 2 aromatic heterocycles. The number of aromatic nitrogens is 1. The van der Waals surface area contributed by atoms with Gasteiger partial charge in [0, 0.05) is 12.7 Å². The highest BCUT2D eigenvalue weighted by Gasteiger charge is 2.14. The average molecular weight is 315 g/mol. The van der Waals surface area contributed by atoms with Crippen LogP contribution in [0.3, 0.4) is 0 Å². The van der Waals surface area contributed by atoms with Crippen LogP contribution in [0.2, 0.25) is 0 Å². The monoisotopic (exact) mass is 315 g/mol. The zero-order valence-corrected chi connectivity index (χ0v) is 13.6. The smallest absolute Gasteiger partial charge is 0.233 e. The highest BCUT2D eigenvalue weighted by molar-refractivity contribution is 8.00. The third-order valence-electron chi connectivity index (χ3n) is 3.15. The third kappa shape index (κ3) is 3.89. The van der Waals surface area contributed by atoms with E-state index in [-0.39, 0.29) is 11.7 Å². The van der Waals surface area contributed by atoms with Crippen molar-refractivity contribution in [2.45, 2.75) is 25.4 Å². The van der Waals surface area contributed by atoms with Gasteiger partial charge in [-0.15, -0.1) is 0 Å². The number of furan rings is 1. The highest BCUT2D eigenvalue weighted by atomic mass is 32.2. The van der Waals surface area contributed by atoms with Crippen LogP contribution in [0.5, 0.6) is 0 Å². The van der Waals surface area contributed by atoms with Gasteiger partial charge in [0.25, 0.3) is 0 Å². The molecule has 0 aliphatic carbocycles. The van der Waals surface area contributed by atoms with Gasteiger partial charge < -0.3 is 9.32 Å². The normalized spacial score (nSPS) is 10.3. The van der Waals surface area contributed by atoms with Crippen molar-refractivity contribution in [1.82, 2.24) is 9.88 Å².